The van der Waals surface area contributed by atoms with Gasteiger partial charge in [0.1, 0.15) is 0 Å². The summed E-state index contributed by atoms with van der Waals surface area (Å²) in [5.74, 6) is -0.272. The van der Waals surface area contributed by atoms with Crippen molar-refractivity contribution in [3.63, 3.8) is 0 Å². The molecule has 0 amide bonds. The summed E-state index contributed by atoms with van der Waals surface area (Å²) >= 11 is 3.23. The fraction of sp³-hybridized carbons (Fsp3) is 0. The van der Waals surface area contributed by atoms with Crippen LogP contribution >= 0.6 is 15.9 Å². The Labute approximate surface area is 107 Å². The Morgan fingerprint density at radius 1 is 1.46 bits per heavy atom. The third kappa shape index (κ3) is 4.09. The molecule has 62 valence electrons. The van der Waals surface area contributed by atoms with Crippen LogP contribution < -0.4 is 29.6 Å². The Morgan fingerprint density at radius 3 is 2.69 bits per heavy atom. The summed E-state index contributed by atoms with van der Waals surface area (Å²) in [5, 5.41) is 0. The molecule has 0 bridgehead atoms. The van der Waals surface area contributed by atoms with E-state index in [1.165, 1.54) is 0 Å². The molecule has 0 aromatic heterocycles. The van der Waals surface area contributed by atoms with Crippen molar-refractivity contribution < 1.29 is 39.1 Å². The number of aldehydes is 1. The predicted octanol–water partition coefficient (Wildman–Crippen LogP) is -0.961. The van der Waals surface area contributed by atoms with E-state index in [4.69, 9.17) is 0 Å². The Bertz CT molecular complexity index is 312. The smallest absolute Gasteiger partial charge is 0.331 e. The van der Waals surface area contributed by atoms with Gasteiger partial charge < -0.3 is 9.59 Å². The number of hydrogen-bond donors (Lipinski definition) is 0. The summed E-state index contributed by atoms with van der Waals surface area (Å²) in [4.78, 5) is 21.1. The Hall–Kier alpha value is -0.0900. The molecular formula is C9H6BrNaO2. The first-order chi connectivity index (χ1) is 5.74. The molecule has 0 radical (unpaired) electrons. The van der Waals surface area contributed by atoms with Gasteiger partial charge in [-0.05, 0) is 0 Å². The topological polar surface area (TPSA) is 34.1 Å². The van der Waals surface area contributed by atoms with E-state index >= 15 is 0 Å². The zero-order chi connectivity index (χ0) is 8.97. The maximum atomic E-state index is 11.1. The van der Waals surface area contributed by atoms with Gasteiger partial charge in [-0.15, -0.1) is 24.1 Å². The quantitative estimate of drug-likeness (QED) is 0.227. The van der Waals surface area contributed by atoms with E-state index in [1.807, 2.05) is 6.07 Å². The number of Topliss-reactive ketones (excluding diaryl/α,β-unsaturated/α-hetero) is 1. The number of carbonyl (C=O) groups excluding carboxylic acids is 2. The normalized spacial score (nSPS) is 8.38. The summed E-state index contributed by atoms with van der Waals surface area (Å²) in [6.45, 7) is 0. The van der Waals surface area contributed by atoms with Crippen molar-refractivity contribution in [3.8, 4) is 0 Å². The van der Waals surface area contributed by atoms with Crippen molar-refractivity contribution in [1.29, 1.82) is 0 Å². The molecule has 0 saturated heterocycles. The van der Waals surface area contributed by atoms with Crippen molar-refractivity contribution >= 4 is 28.0 Å². The third-order valence-corrected chi connectivity index (χ3v) is 1.82. The molecule has 1 aromatic carbocycles. The molecular weight excluding hydrogens is 243 g/mol. The molecule has 0 heterocycles. The van der Waals surface area contributed by atoms with Gasteiger partial charge in [-0.2, -0.15) is 0 Å². The fourth-order valence-corrected chi connectivity index (χ4v) is 1.20. The summed E-state index contributed by atoms with van der Waals surface area (Å²) in [7, 11) is 0. The summed E-state index contributed by atoms with van der Waals surface area (Å²) in [6.07, 6.45) is 1.49. The van der Waals surface area contributed by atoms with Gasteiger partial charge in [-0.1, -0.05) is 28.1 Å². The number of hydrogen-bond acceptors (Lipinski definition) is 2. The average molecular weight is 249 g/mol. The van der Waals surface area contributed by atoms with Crippen molar-refractivity contribution in [2.75, 3.05) is 0 Å². The molecule has 4 heteroatoms. The summed E-state index contributed by atoms with van der Waals surface area (Å²) in [5.41, 5.74) is 0.511. The van der Waals surface area contributed by atoms with E-state index < -0.39 is 0 Å². The van der Waals surface area contributed by atoms with Gasteiger partial charge in [0.2, 0.25) is 0 Å². The second kappa shape index (κ2) is 6.38. The standard InChI is InChI=1S/C9H6BrO2.Na/c10-8-3-1-2-7(6-8)9(12)4-5-11;/h1-6H;/q-1;+1. The maximum absolute atomic E-state index is 11.1. The Balaban J connectivity index is 0.00000144. The largest absolute Gasteiger partial charge is 1.00 e. The SMILES string of the molecule is O=C[CH-]C(=O)c1cccc(Br)c1.[Na+]. The van der Waals surface area contributed by atoms with Crippen LogP contribution in [-0.2, 0) is 4.79 Å². The van der Waals surface area contributed by atoms with Crippen molar-refractivity contribution in [2.24, 2.45) is 0 Å². The van der Waals surface area contributed by atoms with Gasteiger partial charge in [-0.25, -0.2) is 0 Å². The molecule has 0 fully saturated rings. The monoisotopic (exact) mass is 248 g/mol. The van der Waals surface area contributed by atoms with E-state index in [0.717, 1.165) is 10.9 Å². The first-order valence-electron chi connectivity index (χ1n) is 3.32. The second-order valence-corrected chi connectivity index (χ2v) is 3.09. The Kier molecular flexibility index (Phi) is 6.33. The summed E-state index contributed by atoms with van der Waals surface area (Å²) < 4.78 is 0.827. The van der Waals surface area contributed by atoms with Gasteiger partial charge in [0.05, 0.1) is 6.29 Å². The van der Waals surface area contributed by atoms with Gasteiger partial charge >= 0.3 is 29.6 Å². The second-order valence-electron chi connectivity index (χ2n) is 2.18. The number of halogens is 1. The maximum Gasteiger partial charge on any atom is 1.00 e. The molecule has 1 aromatic rings. The molecule has 0 aliphatic rings. The molecule has 13 heavy (non-hydrogen) atoms. The first-order valence-corrected chi connectivity index (χ1v) is 4.12. The third-order valence-electron chi connectivity index (χ3n) is 1.33. The van der Waals surface area contributed by atoms with Crippen LogP contribution in [0, 0.1) is 6.42 Å². The molecule has 0 atom stereocenters. The van der Waals surface area contributed by atoms with Crippen molar-refractivity contribution in [1.82, 2.24) is 0 Å². The van der Waals surface area contributed by atoms with Crippen LogP contribution in [0.15, 0.2) is 28.7 Å². The van der Waals surface area contributed by atoms with Crippen LogP contribution in [0.3, 0.4) is 0 Å². The number of carbonyl (C=O) groups is 2. The number of benzene rings is 1. The minimum Gasteiger partial charge on any atom is -0.331 e. The Morgan fingerprint density at radius 2 is 2.15 bits per heavy atom. The minimum atomic E-state index is -0.272. The van der Waals surface area contributed by atoms with Crippen LogP contribution in [0.2, 0.25) is 0 Å². The minimum absolute atomic E-state index is 0. The van der Waals surface area contributed by atoms with E-state index in [2.05, 4.69) is 15.9 Å². The fourth-order valence-electron chi connectivity index (χ4n) is 0.800. The van der Waals surface area contributed by atoms with Gasteiger partial charge in [-0.3, -0.25) is 0 Å². The van der Waals surface area contributed by atoms with Crippen LogP contribution in [-0.4, -0.2) is 12.1 Å². The molecule has 0 N–H and O–H groups in total. The summed E-state index contributed by atoms with van der Waals surface area (Å²) in [6, 6.07) is 6.89. The number of rotatable bonds is 3. The first kappa shape index (κ1) is 12.9. The molecule has 0 saturated carbocycles. The van der Waals surface area contributed by atoms with E-state index in [0.29, 0.717) is 11.8 Å². The predicted molar refractivity (Wildman–Crippen MR) is 48.8 cm³/mol. The number of ketones is 1. The van der Waals surface area contributed by atoms with Gasteiger partial charge in [0, 0.05) is 10.3 Å². The van der Waals surface area contributed by atoms with Crippen LogP contribution in [0.5, 0.6) is 0 Å². The molecule has 2 nitrogen and oxygen atoms in total. The van der Waals surface area contributed by atoms with Crippen molar-refractivity contribution in [2.45, 2.75) is 0 Å². The van der Waals surface area contributed by atoms with E-state index in [1.54, 1.807) is 18.2 Å². The average Bonchev–Trinajstić information content (AvgIpc) is 2.05. The van der Waals surface area contributed by atoms with Gasteiger partial charge in [0.25, 0.3) is 0 Å². The van der Waals surface area contributed by atoms with E-state index in [-0.39, 0.29) is 35.3 Å². The van der Waals surface area contributed by atoms with Crippen LogP contribution in [0.25, 0.3) is 0 Å². The molecule has 0 aliphatic carbocycles. The molecule has 0 spiro atoms. The zero-order valence-corrected chi connectivity index (χ0v) is 10.7. The van der Waals surface area contributed by atoms with E-state index in [9.17, 15) is 9.59 Å². The molecule has 1 rings (SSSR count). The van der Waals surface area contributed by atoms with Gasteiger partial charge in [0.15, 0.2) is 0 Å². The van der Waals surface area contributed by atoms with Crippen LogP contribution in [0.1, 0.15) is 10.4 Å². The van der Waals surface area contributed by atoms with Crippen molar-refractivity contribution in [3.05, 3.63) is 40.7 Å². The van der Waals surface area contributed by atoms with Crippen LogP contribution in [0.4, 0.5) is 0 Å². The molecule has 0 unspecified atom stereocenters. The zero-order valence-electron chi connectivity index (χ0n) is 7.16. The molecule has 0 aliphatic heterocycles.